The first kappa shape index (κ1) is 18.5. The summed E-state index contributed by atoms with van der Waals surface area (Å²) in [4.78, 5) is 2.31. The molecule has 5 aromatic rings. The Balaban J connectivity index is 1.82. The lowest BCUT2D eigenvalue weighted by atomic mass is 10.0. The van der Waals surface area contributed by atoms with Crippen molar-refractivity contribution in [3.8, 4) is 0 Å². The lowest BCUT2D eigenvalue weighted by Crippen LogP contribution is -2.11. The maximum atomic E-state index is 6.37. The van der Waals surface area contributed by atoms with Gasteiger partial charge in [0.15, 0.2) is 5.58 Å². The van der Waals surface area contributed by atoms with Crippen LogP contribution in [0.4, 0.5) is 17.1 Å². The zero-order valence-corrected chi connectivity index (χ0v) is 17.9. The van der Waals surface area contributed by atoms with Crippen molar-refractivity contribution in [2.45, 2.75) is 27.7 Å². The minimum absolute atomic E-state index is 0.912. The Hall–Kier alpha value is -3.52. The van der Waals surface area contributed by atoms with Crippen molar-refractivity contribution >= 4 is 39.0 Å². The number of para-hydroxylation sites is 2. The van der Waals surface area contributed by atoms with Crippen LogP contribution in [0.1, 0.15) is 22.3 Å². The molecule has 0 aliphatic rings. The maximum Gasteiger partial charge on any atom is 0.159 e. The van der Waals surface area contributed by atoms with Crippen LogP contribution in [0.25, 0.3) is 21.9 Å². The monoisotopic (exact) mass is 391 g/mol. The molecule has 1 aromatic heterocycles. The first-order chi connectivity index (χ1) is 14.5. The second kappa shape index (κ2) is 7.07. The molecule has 2 nitrogen and oxygen atoms in total. The summed E-state index contributed by atoms with van der Waals surface area (Å²) in [5, 5.41) is 2.29. The van der Waals surface area contributed by atoms with Crippen LogP contribution < -0.4 is 4.90 Å². The Morgan fingerprint density at radius 2 is 1.17 bits per heavy atom. The van der Waals surface area contributed by atoms with Crippen LogP contribution in [0.5, 0.6) is 0 Å². The molecule has 0 atom stereocenters. The summed E-state index contributed by atoms with van der Waals surface area (Å²) in [5.41, 5.74) is 10.3. The van der Waals surface area contributed by atoms with E-state index in [4.69, 9.17) is 4.42 Å². The molecule has 0 fully saturated rings. The molecule has 0 saturated carbocycles. The zero-order chi connectivity index (χ0) is 20.8. The number of anilines is 3. The zero-order valence-electron chi connectivity index (χ0n) is 17.9. The lowest BCUT2D eigenvalue weighted by molar-refractivity contribution is 0.669. The molecule has 0 aliphatic carbocycles. The number of hydrogen-bond acceptors (Lipinski definition) is 2. The summed E-state index contributed by atoms with van der Waals surface area (Å²) >= 11 is 0. The van der Waals surface area contributed by atoms with Gasteiger partial charge in [-0.2, -0.15) is 0 Å². The first-order valence-electron chi connectivity index (χ1n) is 10.4. The molecule has 1 heterocycles. The Morgan fingerprint density at radius 1 is 0.567 bits per heavy atom. The van der Waals surface area contributed by atoms with E-state index < -0.39 is 0 Å². The van der Waals surface area contributed by atoms with Crippen LogP contribution in [0.3, 0.4) is 0 Å². The van der Waals surface area contributed by atoms with Gasteiger partial charge in [-0.05, 0) is 86.3 Å². The van der Waals surface area contributed by atoms with Crippen LogP contribution in [0.15, 0.2) is 83.3 Å². The van der Waals surface area contributed by atoms with Gasteiger partial charge in [0.05, 0.1) is 5.69 Å². The smallest absolute Gasteiger partial charge is 0.159 e. The number of rotatable bonds is 3. The molecule has 2 heteroatoms. The molecule has 0 radical (unpaired) electrons. The van der Waals surface area contributed by atoms with Crippen molar-refractivity contribution < 1.29 is 4.42 Å². The average Bonchev–Trinajstić information content (AvgIpc) is 3.13. The summed E-state index contributed by atoms with van der Waals surface area (Å²) < 4.78 is 6.37. The highest BCUT2D eigenvalue weighted by molar-refractivity contribution is 6.10. The molecule has 0 spiro atoms. The molecule has 0 aliphatic heterocycles. The molecule has 0 bridgehead atoms. The standard InChI is InChI=1S/C28H25NO/c1-18-12-14-22(16-20(18)3)29(23-15-13-19(2)21(4)17-23)26-10-7-9-25-24-8-5-6-11-27(24)30-28(25)26/h5-17H,1-4H3. The third kappa shape index (κ3) is 2.96. The molecule has 4 aromatic carbocycles. The molecule has 148 valence electrons. The summed E-state index contributed by atoms with van der Waals surface area (Å²) in [6, 6.07) is 27.9. The van der Waals surface area contributed by atoms with Crippen LogP contribution in [0.2, 0.25) is 0 Å². The molecular formula is C28H25NO. The average molecular weight is 392 g/mol. The van der Waals surface area contributed by atoms with Crippen molar-refractivity contribution in [3.63, 3.8) is 0 Å². The third-order valence-corrected chi connectivity index (χ3v) is 6.12. The highest BCUT2D eigenvalue weighted by atomic mass is 16.3. The molecular weight excluding hydrogens is 366 g/mol. The minimum Gasteiger partial charge on any atom is -0.454 e. The Kier molecular flexibility index (Phi) is 4.36. The maximum absolute atomic E-state index is 6.37. The number of nitrogens with zero attached hydrogens (tertiary/aromatic N) is 1. The molecule has 0 amide bonds. The van der Waals surface area contributed by atoms with Crippen molar-refractivity contribution in [2.75, 3.05) is 4.90 Å². The summed E-state index contributed by atoms with van der Waals surface area (Å²) in [5.74, 6) is 0. The molecule has 5 rings (SSSR count). The fraction of sp³-hybridized carbons (Fsp3) is 0.143. The quantitative estimate of drug-likeness (QED) is 0.307. The molecule has 0 unspecified atom stereocenters. The van der Waals surface area contributed by atoms with E-state index in [9.17, 15) is 0 Å². The van der Waals surface area contributed by atoms with E-state index in [1.165, 1.54) is 22.3 Å². The number of aryl methyl sites for hydroxylation is 4. The fourth-order valence-electron chi connectivity index (χ4n) is 4.06. The number of furan rings is 1. The second-order valence-corrected chi connectivity index (χ2v) is 8.12. The Morgan fingerprint density at radius 3 is 1.80 bits per heavy atom. The summed E-state index contributed by atoms with van der Waals surface area (Å²) in [6.45, 7) is 8.64. The van der Waals surface area contributed by atoms with Gasteiger partial charge in [-0.1, -0.05) is 42.5 Å². The fourth-order valence-corrected chi connectivity index (χ4v) is 4.06. The predicted molar refractivity (Wildman–Crippen MR) is 127 cm³/mol. The van der Waals surface area contributed by atoms with Gasteiger partial charge in [-0.3, -0.25) is 0 Å². The minimum atomic E-state index is 0.912. The summed E-state index contributed by atoms with van der Waals surface area (Å²) in [6.07, 6.45) is 0. The number of hydrogen-bond donors (Lipinski definition) is 0. The van der Waals surface area contributed by atoms with E-state index >= 15 is 0 Å². The normalized spacial score (nSPS) is 11.3. The Bertz CT molecular complexity index is 1340. The highest BCUT2D eigenvalue weighted by Crippen LogP contribution is 2.42. The van der Waals surface area contributed by atoms with E-state index in [1.807, 2.05) is 12.1 Å². The van der Waals surface area contributed by atoms with E-state index in [2.05, 4.69) is 99.3 Å². The van der Waals surface area contributed by atoms with Crippen molar-refractivity contribution in [1.29, 1.82) is 0 Å². The largest absolute Gasteiger partial charge is 0.454 e. The number of benzene rings is 4. The van der Waals surface area contributed by atoms with E-state index in [0.717, 1.165) is 39.0 Å². The van der Waals surface area contributed by atoms with Crippen LogP contribution in [0, 0.1) is 27.7 Å². The SMILES string of the molecule is Cc1ccc(N(c2ccc(C)c(C)c2)c2cccc3c2oc2ccccc23)cc1C. The second-order valence-electron chi connectivity index (χ2n) is 8.12. The molecule has 30 heavy (non-hydrogen) atoms. The van der Waals surface area contributed by atoms with Crippen LogP contribution in [-0.2, 0) is 0 Å². The van der Waals surface area contributed by atoms with Crippen molar-refractivity contribution in [3.05, 3.63) is 101 Å². The van der Waals surface area contributed by atoms with Crippen LogP contribution in [-0.4, -0.2) is 0 Å². The van der Waals surface area contributed by atoms with Gasteiger partial charge in [0.2, 0.25) is 0 Å². The first-order valence-corrected chi connectivity index (χ1v) is 10.4. The van der Waals surface area contributed by atoms with E-state index in [1.54, 1.807) is 0 Å². The van der Waals surface area contributed by atoms with Gasteiger partial charge in [-0.25, -0.2) is 0 Å². The van der Waals surface area contributed by atoms with Gasteiger partial charge in [-0.15, -0.1) is 0 Å². The lowest BCUT2D eigenvalue weighted by Gasteiger charge is -2.26. The van der Waals surface area contributed by atoms with Gasteiger partial charge in [0.25, 0.3) is 0 Å². The predicted octanol–water partition coefficient (Wildman–Crippen LogP) is 8.29. The van der Waals surface area contributed by atoms with Crippen molar-refractivity contribution in [2.24, 2.45) is 0 Å². The van der Waals surface area contributed by atoms with Gasteiger partial charge in [0.1, 0.15) is 5.58 Å². The molecule has 0 N–H and O–H groups in total. The third-order valence-electron chi connectivity index (χ3n) is 6.12. The topological polar surface area (TPSA) is 16.4 Å². The van der Waals surface area contributed by atoms with Gasteiger partial charge >= 0.3 is 0 Å². The highest BCUT2D eigenvalue weighted by Gasteiger charge is 2.19. The van der Waals surface area contributed by atoms with Crippen molar-refractivity contribution in [1.82, 2.24) is 0 Å². The van der Waals surface area contributed by atoms with Gasteiger partial charge < -0.3 is 9.32 Å². The van der Waals surface area contributed by atoms with E-state index in [-0.39, 0.29) is 0 Å². The Labute approximate surface area is 177 Å². The van der Waals surface area contributed by atoms with Gasteiger partial charge in [0, 0.05) is 22.1 Å². The summed E-state index contributed by atoms with van der Waals surface area (Å²) in [7, 11) is 0. The van der Waals surface area contributed by atoms with E-state index in [0.29, 0.717) is 0 Å². The molecule has 0 saturated heterocycles. The number of fused-ring (bicyclic) bond motifs is 3. The van der Waals surface area contributed by atoms with Crippen LogP contribution >= 0.6 is 0 Å².